The minimum absolute atomic E-state index is 0.0214. The fraction of sp³-hybridized carbons (Fsp3) is 0.120. The number of hydrogen-bond donors (Lipinski definition) is 1. The van der Waals surface area contributed by atoms with Crippen LogP contribution in [-0.4, -0.2) is 18.4 Å². The highest BCUT2D eigenvalue weighted by atomic mass is 35.5. The highest BCUT2D eigenvalue weighted by molar-refractivity contribution is 6.42. The zero-order valence-corrected chi connectivity index (χ0v) is 20.2. The van der Waals surface area contributed by atoms with Gasteiger partial charge in [-0.2, -0.15) is 0 Å². The van der Waals surface area contributed by atoms with Gasteiger partial charge in [0.15, 0.2) is 11.5 Å². The smallest absolute Gasteiger partial charge is 0.282 e. The molecule has 0 aliphatic carbocycles. The molecule has 1 fully saturated rings. The Hall–Kier alpha value is -3.19. The van der Waals surface area contributed by atoms with Gasteiger partial charge in [0, 0.05) is 0 Å². The van der Waals surface area contributed by atoms with Gasteiger partial charge in [-0.1, -0.05) is 59.1 Å². The third-order valence-electron chi connectivity index (χ3n) is 4.92. The molecule has 1 aliphatic rings. The molecule has 0 unspecified atom stereocenters. The fourth-order valence-electron chi connectivity index (χ4n) is 3.34. The number of hydrazine groups is 1. The van der Waals surface area contributed by atoms with E-state index in [-0.39, 0.29) is 17.2 Å². The Kier molecular flexibility index (Phi) is 7.32. The van der Waals surface area contributed by atoms with Crippen LogP contribution in [0.4, 0.5) is 5.69 Å². The number of carbonyl (C=O) groups excluding carboxylic acids is 2. The molecule has 174 valence electrons. The van der Waals surface area contributed by atoms with Crippen LogP contribution in [0.15, 0.2) is 66.2 Å². The quantitative estimate of drug-likeness (QED) is 0.304. The van der Waals surface area contributed by atoms with Crippen LogP contribution in [0.2, 0.25) is 15.1 Å². The third-order valence-corrected chi connectivity index (χ3v) is 5.94. The van der Waals surface area contributed by atoms with Crippen molar-refractivity contribution in [1.82, 2.24) is 5.43 Å². The maximum atomic E-state index is 12.9. The van der Waals surface area contributed by atoms with Crippen LogP contribution >= 0.6 is 34.8 Å². The van der Waals surface area contributed by atoms with Crippen molar-refractivity contribution in [3.8, 4) is 11.5 Å². The minimum atomic E-state index is -0.511. The summed E-state index contributed by atoms with van der Waals surface area (Å²) in [5.41, 5.74) is 4.42. The summed E-state index contributed by atoms with van der Waals surface area (Å²) < 4.78 is 11.6. The number of nitrogens with one attached hydrogen (secondary N) is 1. The topological polar surface area (TPSA) is 67.9 Å². The summed E-state index contributed by atoms with van der Waals surface area (Å²) in [6.45, 7) is 2.37. The lowest BCUT2D eigenvalue weighted by Gasteiger charge is -2.15. The highest BCUT2D eigenvalue weighted by Gasteiger charge is 2.34. The van der Waals surface area contributed by atoms with Gasteiger partial charge in [-0.15, -0.1) is 0 Å². The largest absolute Gasteiger partial charge is 0.490 e. The van der Waals surface area contributed by atoms with Gasteiger partial charge < -0.3 is 9.47 Å². The Labute approximate surface area is 211 Å². The summed E-state index contributed by atoms with van der Waals surface area (Å²) in [6, 6.07) is 17.3. The molecule has 1 saturated heterocycles. The minimum Gasteiger partial charge on any atom is -0.490 e. The van der Waals surface area contributed by atoms with Gasteiger partial charge in [-0.25, -0.2) is 5.01 Å². The summed E-state index contributed by atoms with van der Waals surface area (Å²) >= 11 is 18.5. The number of rotatable bonds is 7. The standard InChI is InChI=1S/C25H19Cl3N2O4/c1-2-33-22-13-16(10-18-24(31)29-30(25(18)32)17-6-4-3-5-7-17)12-21(28)23(22)34-14-15-8-9-19(26)20(27)11-15/h3-13H,2,14H2,1H3,(H,29,31)/b18-10+. The molecule has 0 radical (unpaired) electrons. The second-order valence-electron chi connectivity index (χ2n) is 7.28. The number of halogens is 3. The van der Waals surface area contributed by atoms with E-state index in [4.69, 9.17) is 44.3 Å². The SMILES string of the molecule is CCOc1cc(/C=C2\C(=O)NN(c3ccccc3)C2=O)cc(Cl)c1OCc1ccc(Cl)c(Cl)c1. The Morgan fingerprint density at radius 2 is 1.68 bits per heavy atom. The van der Waals surface area contributed by atoms with Crippen molar-refractivity contribution in [3.63, 3.8) is 0 Å². The Morgan fingerprint density at radius 3 is 2.38 bits per heavy atom. The summed E-state index contributed by atoms with van der Waals surface area (Å²) in [7, 11) is 0. The predicted molar refractivity (Wildman–Crippen MR) is 133 cm³/mol. The number of nitrogens with zero attached hydrogens (tertiary/aromatic N) is 1. The summed E-state index contributed by atoms with van der Waals surface area (Å²) in [5, 5.41) is 2.34. The average Bonchev–Trinajstić information content (AvgIpc) is 3.10. The molecule has 6 nitrogen and oxygen atoms in total. The first-order valence-electron chi connectivity index (χ1n) is 10.3. The molecule has 9 heteroatoms. The van der Waals surface area contributed by atoms with Crippen LogP contribution in [0.1, 0.15) is 18.1 Å². The van der Waals surface area contributed by atoms with Crippen LogP contribution in [0, 0.1) is 0 Å². The van der Waals surface area contributed by atoms with E-state index in [9.17, 15) is 9.59 Å². The van der Waals surface area contributed by atoms with E-state index in [1.54, 1.807) is 54.6 Å². The van der Waals surface area contributed by atoms with Gasteiger partial charge >= 0.3 is 0 Å². The van der Waals surface area contributed by atoms with E-state index in [0.717, 1.165) is 5.56 Å². The maximum Gasteiger partial charge on any atom is 0.282 e. The van der Waals surface area contributed by atoms with Crippen LogP contribution < -0.4 is 19.9 Å². The fourth-order valence-corrected chi connectivity index (χ4v) is 3.94. The monoisotopic (exact) mass is 516 g/mol. The number of amides is 2. The number of anilines is 1. The van der Waals surface area contributed by atoms with Gasteiger partial charge in [0.1, 0.15) is 12.2 Å². The van der Waals surface area contributed by atoms with Crippen LogP contribution in [0.5, 0.6) is 11.5 Å². The summed E-state index contributed by atoms with van der Waals surface area (Å²) in [6.07, 6.45) is 1.47. The summed E-state index contributed by atoms with van der Waals surface area (Å²) in [5.74, 6) is -0.259. The lowest BCUT2D eigenvalue weighted by atomic mass is 10.1. The summed E-state index contributed by atoms with van der Waals surface area (Å²) in [4.78, 5) is 25.4. The predicted octanol–water partition coefficient (Wildman–Crippen LogP) is 6.09. The van der Waals surface area contributed by atoms with Crippen LogP contribution in [0.3, 0.4) is 0 Å². The first kappa shape index (κ1) is 24.0. The van der Waals surface area contributed by atoms with Gasteiger partial charge in [0.05, 0.1) is 27.4 Å². The van der Waals surface area contributed by atoms with E-state index in [1.165, 1.54) is 11.1 Å². The van der Waals surface area contributed by atoms with E-state index < -0.39 is 11.8 Å². The van der Waals surface area contributed by atoms with E-state index >= 15 is 0 Å². The zero-order chi connectivity index (χ0) is 24.2. The first-order chi connectivity index (χ1) is 16.4. The molecule has 34 heavy (non-hydrogen) atoms. The molecule has 3 aromatic carbocycles. The Balaban J connectivity index is 1.60. The second kappa shape index (κ2) is 10.4. The number of carbonyl (C=O) groups is 2. The molecule has 1 N–H and O–H groups in total. The van der Waals surface area contributed by atoms with Gasteiger partial charge in [-0.05, 0) is 60.5 Å². The third kappa shape index (κ3) is 5.14. The van der Waals surface area contributed by atoms with Crippen molar-refractivity contribution < 1.29 is 19.1 Å². The van der Waals surface area contributed by atoms with Crippen molar-refractivity contribution >= 4 is 58.4 Å². The van der Waals surface area contributed by atoms with Gasteiger partial charge in [-0.3, -0.25) is 15.0 Å². The maximum absolute atomic E-state index is 12.9. The molecule has 1 aliphatic heterocycles. The molecular weight excluding hydrogens is 499 g/mol. The highest BCUT2D eigenvalue weighted by Crippen LogP contribution is 2.38. The molecule has 4 rings (SSSR count). The van der Waals surface area contributed by atoms with Crippen LogP contribution in [0.25, 0.3) is 6.08 Å². The number of hydrogen-bond acceptors (Lipinski definition) is 4. The Morgan fingerprint density at radius 1 is 0.912 bits per heavy atom. The van der Waals surface area contributed by atoms with E-state index in [1.807, 2.05) is 13.0 Å². The van der Waals surface area contributed by atoms with Crippen molar-refractivity contribution in [2.45, 2.75) is 13.5 Å². The van der Waals surface area contributed by atoms with Crippen molar-refractivity contribution in [2.75, 3.05) is 11.6 Å². The van der Waals surface area contributed by atoms with E-state index in [2.05, 4.69) is 5.43 Å². The average molecular weight is 518 g/mol. The van der Waals surface area contributed by atoms with Gasteiger partial charge in [0.2, 0.25) is 0 Å². The zero-order valence-electron chi connectivity index (χ0n) is 18.0. The van der Waals surface area contributed by atoms with Crippen molar-refractivity contribution in [3.05, 3.63) is 92.4 Å². The molecule has 0 spiro atoms. The lowest BCUT2D eigenvalue weighted by Crippen LogP contribution is -2.35. The molecule has 3 aromatic rings. The van der Waals surface area contributed by atoms with Crippen molar-refractivity contribution in [2.24, 2.45) is 0 Å². The van der Waals surface area contributed by atoms with Crippen LogP contribution in [-0.2, 0) is 16.2 Å². The Bertz CT molecular complexity index is 1280. The van der Waals surface area contributed by atoms with E-state index in [0.29, 0.717) is 39.4 Å². The molecule has 0 bridgehead atoms. The molecular formula is C25H19Cl3N2O4. The van der Waals surface area contributed by atoms with Crippen molar-refractivity contribution in [1.29, 1.82) is 0 Å². The molecule has 0 saturated carbocycles. The lowest BCUT2D eigenvalue weighted by molar-refractivity contribution is -0.117. The number of para-hydroxylation sites is 1. The molecule has 1 heterocycles. The second-order valence-corrected chi connectivity index (χ2v) is 8.50. The molecule has 2 amide bonds. The molecule has 0 atom stereocenters. The first-order valence-corrected chi connectivity index (χ1v) is 11.5. The number of benzene rings is 3. The number of ether oxygens (including phenoxy) is 2. The molecule has 0 aromatic heterocycles. The van der Waals surface area contributed by atoms with Gasteiger partial charge in [0.25, 0.3) is 11.8 Å². The normalized spacial score (nSPS) is 14.5.